The van der Waals surface area contributed by atoms with Gasteiger partial charge in [0.15, 0.2) is 0 Å². The molecule has 0 saturated carbocycles. The molecule has 6 heteroatoms. The summed E-state index contributed by atoms with van der Waals surface area (Å²) in [7, 11) is 0. The van der Waals surface area contributed by atoms with Gasteiger partial charge in [-0.25, -0.2) is 0 Å². The summed E-state index contributed by atoms with van der Waals surface area (Å²) in [6.45, 7) is 9.19. The number of nitrogens with zero attached hydrogens (tertiary/aromatic N) is 3. The number of piperidine rings is 1. The van der Waals surface area contributed by atoms with Gasteiger partial charge in [0.25, 0.3) is 0 Å². The Balaban J connectivity index is 1.42. The summed E-state index contributed by atoms with van der Waals surface area (Å²) in [5.41, 5.74) is 0.196. The molecule has 0 N–H and O–H groups in total. The number of likely N-dealkylation sites (tertiary alicyclic amines) is 1. The topological polar surface area (TPSA) is 9.72 Å². The van der Waals surface area contributed by atoms with E-state index in [0.717, 1.165) is 50.9 Å². The number of benzene rings is 1. The number of halogens is 3. The van der Waals surface area contributed by atoms with Crippen molar-refractivity contribution in [3.8, 4) is 0 Å². The quantitative estimate of drug-likeness (QED) is 0.802. The minimum atomic E-state index is -4.26. The third kappa shape index (κ3) is 5.69. The Hall–Kier alpha value is -1.11. The lowest BCUT2D eigenvalue weighted by Gasteiger charge is -2.36. The van der Waals surface area contributed by atoms with Crippen molar-refractivity contribution >= 4 is 0 Å². The normalized spacial score (nSPS) is 21.6. The Labute approximate surface area is 148 Å². The number of rotatable bonds is 5. The molecule has 2 fully saturated rings. The van der Waals surface area contributed by atoms with Gasteiger partial charge in [0.05, 0.1) is 5.56 Å². The molecule has 0 atom stereocenters. The monoisotopic (exact) mass is 355 g/mol. The van der Waals surface area contributed by atoms with Crippen molar-refractivity contribution in [3.05, 3.63) is 35.4 Å². The molecular formula is C19H28F3N3. The Morgan fingerprint density at radius 3 is 2.00 bits per heavy atom. The summed E-state index contributed by atoms with van der Waals surface area (Å²) in [4.78, 5) is 7.29. The minimum Gasteiger partial charge on any atom is -0.302 e. The Morgan fingerprint density at radius 1 is 0.760 bits per heavy atom. The second kappa shape index (κ2) is 8.52. The lowest BCUT2D eigenvalue weighted by Crippen LogP contribution is -2.48. The molecule has 0 aromatic heterocycles. The van der Waals surface area contributed by atoms with E-state index in [-0.39, 0.29) is 0 Å². The van der Waals surface area contributed by atoms with Crippen LogP contribution in [-0.2, 0) is 12.7 Å². The van der Waals surface area contributed by atoms with Crippen LogP contribution < -0.4 is 0 Å². The smallest absolute Gasteiger partial charge is 0.302 e. The summed E-state index contributed by atoms with van der Waals surface area (Å²) in [5.74, 6) is 0. The summed E-state index contributed by atoms with van der Waals surface area (Å²) in [6, 6.07) is 5.72. The van der Waals surface area contributed by atoms with Crippen molar-refractivity contribution in [2.75, 3.05) is 52.4 Å². The highest BCUT2D eigenvalue weighted by atomic mass is 19.4. The van der Waals surface area contributed by atoms with Crippen molar-refractivity contribution in [1.82, 2.24) is 14.7 Å². The first-order valence-corrected chi connectivity index (χ1v) is 9.34. The maximum atomic E-state index is 12.8. The molecule has 25 heavy (non-hydrogen) atoms. The first-order chi connectivity index (χ1) is 12.0. The summed E-state index contributed by atoms with van der Waals surface area (Å²) in [6.07, 6.45) is -0.247. The fourth-order valence-corrected chi connectivity index (χ4v) is 3.74. The molecule has 0 radical (unpaired) electrons. The van der Waals surface area contributed by atoms with Crippen LogP contribution in [-0.4, -0.2) is 67.1 Å². The first-order valence-electron chi connectivity index (χ1n) is 9.34. The Kier molecular flexibility index (Phi) is 6.36. The zero-order valence-electron chi connectivity index (χ0n) is 14.8. The zero-order valence-corrected chi connectivity index (χ0v) is 14.8. The van der Waals surface area contributed by atoms with Crippen LogP contribution in [0, 0.1) is 0 Å². The molecule has 0 bridgehead atoms. The lowest BCUT2D eigenvalue weighted by molar-refractivity contribution is -0.137. The SMILES string of the molecule is FC(F)(F)c1cccc(CN2CCN(CCN3CCCCC3)CC2)c1. The van der Waals surface area contributed by atoms with Crippen molar-refractivity contribution in [3.63, 3.8) is 0 Å². The third-order valence-electron chi connectivity index (χ3n) is 5.31. The van der Waals surface area contributed by atoms with Crippen molar-refractivity contribution in [1.29, 1.82) is 0 Å². The maximum Gasteiger partial charge on any atom is 0.416 e. The van der Waals surface area contributed by atoms with E-state index in [9.17, 15) is 13.2 Å². The van der Waals surface area contributed by atoms with Crippen LogP contribution in [0.15, 0.2) is 24.3 Å². The van der Waals surface area contributed by atoms with Gasteiger partial charge in [0.1, 0.15) is 0 Å². The molecule has 1 aromatic carbocycles. The van der Waals surface area contributed by atoms with Crippen LogP contribution in [0.1, 0.15) is 30.4 Å². The zero-order chi connectivity index (χ0) is 17.7. The van der Waals surface area contributed by atoms with E-state index in [0.29, 0.717) is 6.54 Å². The Bertz CT molecular complexity index is 533. The van der Waals surface area contributed by atoms with Crippen molar-refractivity contribution in [2.45, 2.75) is 32.0 Å². The predicted molar refractivity (Wildman–Crippen MR) is 93.5 cm³/mol. The van der Waals surface area contributed by atoms with Gasteiger partial charge in [-0.15, -0.1) is 0 Å². The van der Waals surface area contributed by atoms with E-state index < -0.39 is 11.7 Å². The van der Waals surface area contributed by atoms with Gasteiger partial charge in [-0.3, -0.25) is 9.80 Å². The highest BCUT2D eigenvalue weighted by Crippen LogP contribution is 2.29. The average molecular weight is 355 g/mol. The lowest BCUT2D eigenvalue weighted by atomic mass is 10.1. The molecule has 0 spiro atoms. The van der Waals surface area contributed by atoms with Gasteiger partial charge in [0.2, 0.25) is 0 Å². The van der Waals surface area contributed by atoms with Crippen LogP contribution in [0.2, 0.25) is 0 Å². The predicted octanol–water partition coefficient (Wildman–Crippen LogP) is 3.31. The van der Waals surface area contributed by atoms with Crippen LogP contribution in [0.5, 0.6) is 0 Å². The molecule has 0 unspecified atom stereocenters. The van der Waals surface area contributed by atoms with E-state index in [1.165, 1.54) is 44.5 Å². The van der Waals surface area contributed by atoms with Crippen LogP contribution in [0.3, 0.4) is 0 Å². The standard InChI is InChI=1S/C19H28F3N3/c20-19(21,22)18-6-4-5-17(15-18)16-25-13-11-24(12-14-25)10-9-23-7-2-1-3-8-23/h4-6,15H,1-3,7-14,16H2. The van der Waals surface area contributed by atoms with Crippen LogP contribution in [0.4, 0.5) is 13.2 Å². The van der Waals surface area contributed by atoms with E-state index >= 15 is 0 Å². The summed E-state index contributed by atoms with van der Waals surface area (Å²) < 4.78 is 38.4. The third-order valence-corrected chi connectivity index (χ3v) is 5.31. The van der Waals surface area contributed by atoms with Gasteiger partial charge in [-0.05, 0) is 37.6 Å². The van der Waals surface area contributed by atoms with Crippen molar-refractivity contribution in [2.24, 2.45) is 0 Å². The second-order valence-corrected chi connectivity index (χ2v) is 7.22. The first kappa shape index (κ1) is 18.7. The van der Waals surface area contributed by atoms with Gasteiger partial charge >= 0.3 is 6.18 Å². The molecule has 3 nitrogen and oxygen atoms in total. The second-order valence-electron chi connectivity index (χ2n) is 7.22. The molecule has 3 rings (SSSR count). The van der Waals surface area contributed by atoms with E-state index in [2.05, 4.69) is 14.7 Å². The fourth-order valence-electron chi connectivity index (χ4n) is 3.74. The van der Waals surface area contributed by atoms with Gasteiger partial charge in [0, 0.05) is 45.8 Å². The van der Waals surface area contributed by atoms with E-state index in [1.54, 1.807) is 6.07 Å². The molecule has 2 aliphatic heterocycles. The number of hydrogen-bond acceptors (Lipinski definition) is 3. The summed E-state index contributed by atoms with van der Waals surface area (Å²) in [5, 5.41) is 0. The molecule has 1 aromatic rings. The summed E-state index contributed by atoms with van der Waals surface area (Å²) >= 11 is 0. The van der Waals surface area contributed by atoms with Crippen LogP contribution >= 0.6 is 0 Å². The fraction of sp³-hybridized carbons (Fsp3) is 0.684. The largest absolute Gasteiger partial charge is 0.416 e. The highest BCUT2D eigenvalue weighted by Gasteiger charge is 2.30. The van der Waals surface area contributed by atoms with Crippen LogP contribution in [0.25, 0.3) is 0 Å². The maximum absolute atomic E-state index is 12.8. The Morgan fingerprint density at radius 2 is 1.36 bits per heavy atom. The molecule has 0 amide bonds. The molecule has 2 aliphatic rings. The average Bonchev–Trinajstić information content (AvgIpc) is 2.62. The van der Waals surface area contributed by atoms with E-state index in [4.69, 9.17) is 0 Å². The molecule has 2 saturated heterocycles. The van der Waals surface area contributed by atoms with E-state index in [1.807, 2.05) is 0 Å². The highest BCUT2D eigenvalue weighted by molar-refractivity contribution is 5.25. The van der Waals surface area contributed by atoms with Gasteiger partial charge in [-0.1, -0.05) is 24.6 Å². The van der Waals surface area contributed by atoms with Gasteiger partial charge < -0.3 is 4.90 Å². The molecule has 140 valence electrons. The van der Waals surface area contributed by atoms with Gasteiger partial charge in [-0.2, -0.15) is 13.2 Å². The van der Waals surface area contributed by atoms with Crippen molar-refractivity contribution < 1.29 is 13.2 Å². The molecule has 0 aliphatic carbocycles. The number of piperazine rings is 1. The number of hydrogen-bond donors (Lipinski definition) is 0. The minimum absolute atomic E-state index is 0.551. The number of alkyl halides is 3. The molecule has 2 heterocycles. The molecular weight excluding hydrogens is 327 g/mol.